The fourth-order valence-electron chi connectivity index (χ4n) is 3.85. The third-order valence-electron chi connectivity index (χ3n) is 5.72. The third-order valence-corrected chi connectivity index (χ3v) is 6.01. The minimum atomic E-state index is -4.63. The van der Waals surface area contributed by atoms with Gasteiger partial charge in [0.25, 0.3) is 5.91 Å². The summed E-state index contributed by atoms with van der Waals surface area (Å²) in [5.74, 6) is -2.20. The van der Waals surface area contributed by atoms with Gasteiger partial charge in [0.1, 0.15) is 23.3 Å². The summed E-state index contributed by atoms with van der Waals surface area (Å²) in [7, 11) is 0. The number of aliphatic carboxylic acids is 1. The molecule has 2 unspecified atom stereocenters. The van der Waals surface area contributed by atoms with Gasteiger partial charge in [-0.05, 0) is 42.3 Å². The maximum Gasteiger partial charge on any atom is 1.00 e. The Hall–Kier alpha value is -2.72. The minimum Gasteiger partial charge on any atom is -0.549 e. The van der Waals surface area contributed by atoms with Gasteiger partial charge in [-0.3, -0.25) is 4.79 Å². The number of carboxylic acids is 1. The Kier molecular flexibility index (Phi) is 9.52. The average Bonchev–Trinajstić information content (AvgIpc) is 2.84. The van der Waals surface area contributed by atoms with Crippen LogP contribution in [-0.4, -0.2) is 30.7 Å². The normalized spacial score (nSPS) is 15.4. The van der Waals surface area contributed by atoms with Crippen LogP contribution in [0.1, 0.15) is 33.8 Å². The molecule has 0 aliphatic carbocycles. The zero-order valence-corrected chi connectivity index (χ0v) is 22.4. The summed E-state index contributed by atoms with van der Waals surface area (Å²) in [6, 6.07) is 14.4. The molecule has 0 spiro atoms. The molecule has 11 heteroatoms. The number of nitrogens with one attached hydrogen (secondary N) is 1. The maximum atomic E-state index is 13.5. The van der Waals surface area contributed by atoms with E-state index >= 15 is 0 Å². The smallest absolute Gasteiger partial charge is 0.549 e. The van der Waals surface area contributed by atoms with E-state index in [0.29, 0.717) is 16.9 Å². The minimum absolute atomic E-state index is 0. The summed E-state index contributed by atoms with van der Waals surface area (Å²) in [6.45, 7) is 0.194. The topological polar surface area (TPSA) is 87.7 Å². The number of amides is 1. The molecule has 1 N–H and O–H groups in total. The molecule has 1 aliphatic rings. The van der Waals surface area contributed by atoms with Gasteiger partial charge in [-0.15, -0.1) is 0 Å². The van der Waals surface area contributed by atoms with Crippen molar-refractivity contribution < 1.29 is 66.9 Å². The van der Waals surface area contributed by atoms with Crippen molar-refractivity contribution in [3.8, 4) is 17.2 Å². The molecule has 3 aromatic carbocycles. The van der Waals surface area contributed by atoms with Crippen LogP contribution >= 0.6 is 11.6 Å². The van der Waals surface area contributed by atoms with E-state index in [1.807, 2.05) is 0 Å². The number of rotatable bonds is 7. The van der Waals surface area contributed by atoms with Gasteiger partial charge < -0.3 is 24.7 Å². The Balaban J connectivity index is 0.00000380. The van der Waals surface area contributed by atoms with Gasteiger partial charge in [0.2, 0.25) is 0 Å². The first kappa shape index (κ1) is 28.8. The van der Waals surface area contributed by atoms with E-state index < -0.39 is 36.4 Å². The van der Waals surface area contributed by atoms with E-state index in [0.717, 1.165) is 0 Å². The SMILES string of the molecule is O=C(NC(Cc1ccccc1)C(F)(F)F)c1ccc(Oc2cc3c(cc2Cl)C(C(=O)[O-])CCO3)cc1.[Na+]. The van der Waals surface area contributed by atoms with Crippen LogP contribution in [0.5, 0.6) is 17.2 Å². The number of hydrogen-bond donors (Lipinski definition) is 1. The molecular formula is C26H20ClF3NNaO5. The average molecular weight is 542 g/mol. The summed E-state index contributed by atoms with van der Waals surface area (Å²) in [5, 5.41) is 13.6. The Morgan fingerprint density at radius 3 is 2.41 bits per heavy atom. The van der Waals surface area contributed by atoms with Crippen LogP contribution in [0, 0.1) is 0 Å². The van der Waals surface area contributed by atoms with Crippen molar-refractivity contribution in [2.75, 3.05) is 6.61 Å². The third kappa shape index (κ3) is 7.19. The molecule has 6 nitrogen and oxygen atoms in total. The molecule has 0 radical (unpaired) electrons. The van der Waals surface area contributed by atoms with Crippen molar-refractivity contribution in [2.24, 2.45) is 0 Å². The van der Waals surface area contributed by atoms with Gasteiger partial charge in [-0.2, -0.15) is 13.2 Å². The molecular weight excluding hydrogens is 522 g/mol. The molecule has 0 fully saturated rings. The van der Waals surface area contributed by atoms with E-state index in [-0.39, 0.29) is 64.7 Å². The van der Waals surface area contributed by atoms with Crippen LogP contribution in [-0.2, 0) is 11.2 Å². The number of carboxylic acid groups (broad SMARTS) is 1. The zero-order chi connectivity index (χ0) is 25.9. The number of carbonyl (C=O) groups is 2. The van der Waals surface area contributed by atoms with Gasteiger partial charge in [-0.1, -0.05) is 41.9 Å². The molecule has 0 saturated heterocycles. The van der Waals surface area contributed by atoms with E-state index in [2.05, 4.69) is 5.32 Å². The summed E-state index contributed by atoms with van der Waals surface area (Å²) in [5.41, 5.74) is 0.849. The molecule has 37 heavy (non-hydrogen) atoms. The van der Waals surface area contributed by atoms with Crippen molar-refractivity contribution in [2.45, 2.75) is 31.0 Å². The number of ether oxygens (including phenoxy) is 2. The van der Waals surface area contributed by atoms with Crippen molar-refractivity contribution >= 4 is 23.5 Å². The molecule has 0 aromatic heterocycles. The Morgan fingerprint density at radius 2 is 1.78 bits per heavy atom. The monoisotopic (exact) mass is 541 g/mol. The second kappa shape index (κ2) is 12.2. The fourth-order valence-corrected chi connectivity index (χ4v) is 4.06. The second-order valence-electron chi connectivity index (χ2n) is 8.21. The van der Waals surface area contributed by atoms with Crippen LogP contribution in [0.25, 0.3) is 0 Å². The molecule has 2 atom stereocenters. The first-order valence-corrected chi connectivity index (χ1v) is 11.4. The van der Waals surface area contributed by atoms with Crippen LogP contribution in [0.2, 0.25) is 5.02 Å². The van der Waals surface area contributed by atoms with E-state index in [4.69, 9.17) is 21.1 Å². The molecule has 1 aliphatic heterocycles. The second-order valence-corrected chi connectivity index (χ2v) is 8.62. The molecule has 188 valence electrons. The van der Waals surface area contributed by atoms with Crippen molar-refractivity contribution in [3.05, 3.63) is 88.4 Å². The van der Waals surface area contributed by atoms with E-state index in [1.54, 1.807) is 30.3 Å². The Morgan fingerprint density at radius 1 is 1.11 bits per heavy atom. The van der Waals surface area contributed by atoms with E-state index in [9.17, 15) is 27.9 Å². The first-order valence-electron chi connectivity index (χ1n) is 11.0. The molecule has 3 aromatic rings. The number of fused-ring (bicyclic) bond motifs is 1. The van der Waals surface area contributed by atoms with Gasteiger partial charge in [0.05, 0.1) is 11.6 Å². The number of hydrogen-bond acceptors (Lipinski definition) is 5. The fraction of sp³-hybridized carbons (Fsp3) is 0.231. The molecule has 0 bridgehead atoms. The van der Waals surface area contributed by atoms with Crippen LogP contribution in [0.4, 0.5) is 13.2 Å². The number of alkyl halides is 3. The summed E-state index contributed by atoms with van der Waals surface area (Å²) >= 11 is 6.26. The van der Waals surface area contributed by atoms with Gasteiger partial charge in [0, 0.05) is 35.5 Å². The van der Waals surface area contributed by atoms with Crippen LogP contribution in [0.15, 0.2) is 66.7 Å². The molecule has 0 saturated carbocycles. The summed E-state index contributed by atoms with van der Waals surface area (Å²) < 4.78 is 51.8. The summed E-state index contributed by atoms with van der Waals surface area (Å²) in [6.07, 6.45) is -4.76. The van der Waals surface area contributed by atoms with Crippen molar-refractivity contribution in [1.82, 2.24) is 5.32 Å². The largest absolute Gasteiger partial charge is 1.00 e. The molecule has 1 heterocycles. The van der Waals surface area contributed by atoms with Crippen molar-refractivity contribution in [3.63, 3.8) is 0 Å². The number of benzene rings is 3. The molecule has 4 rings (SSSR count). The van der Waals surface area contributed by atoms with E-state index in [1.165, 1.54) is 36.4 Å². The van der Waals surface area contributed by atoms with Gasteiger partial charge in [-0.25, -0.2) is 0 Å². The van der Waals surface area contributed by atoms with Gasteiger partial charge >= 0.3 is 35.7 Å². The standard InChI is InChI=1S/C26H21ClF3NO5.Na/c27-20-13-19-18(25(33)34)10-11-35-21(19)14-22(20)36-17-8-6-16(7-9-17)24(32)31-23(26(28,29)30)12-15-4-2-1-3-5-15;/h1-9,13-14,18,23H,10-12H2,(H,31,32)(H,33,34);/q;+1/p-1. The first-order chi connectivity index (χ1) is 17.1. The van der Waals surface area contributed by atoms with Crippen molar-refractivity contribution in [1.29, 1.82) is 0 Å². The predicted octanol–water partition coefficient (Wildman–Crippen LogP) is 1.66. The Bertz CT molecular complexity index is 1260. The number of halogens is 4. The Labute approximate surface area is 238 Å². The zero-order valence-electron chi connectivity index (χ0n) is 19.7. The number of carbonyl (C=O) groups excluding carboxylic acids is 2. The van der Waals surface area contributed by atoms with Crippen LogP contribution in [0.3, 0.4) is 0 Å². The quantitative estimate of drug-likeness (QED) is 0.460. The molecule has 1 amide bonds. The predicted molar refractivity (Wildman–Crippen MR) is 123 cm³/mol. The maximum absolute atomic E-state index is 13.5. The van der Waals surface area contributed by atoms with Crippen LogP contribution < -0.4 is 49.5 Å². The summed E-state index contributed by atoms with van der Waals surface area (Å²) in [4.78, 5) is 23.9. The van der Waals surface area contributed by atoms with Gasteiger partial charge in [0.15, 0.2) is 0 Å².